The standard InChI is InChI=1S/C13H8N2O/c14-8-9-4-3-7-15-12(9)10-5-1-2-6-11(10)13(15)16/h1-3,5-7H,4H2. The fourth-order valence-corrected chi connectivity index (χ4v) is 2.16. The first-order chi connectivity index (χ1) is 7.83. The highest BCUT2D eigenvalue weighted by Gasteiger charge is 2.33. The third-order valence-electron chi connectivity index (χ3n) is 2.87. The summed E-state index contributed by atoms with van der Waals surface area (Å²) in [5.74, 6) is -0.0469. The average molecular weight is 208 g/mol. The van der Waals surface area contributed by atoms with Gasteiger partial charge in [-0.2, -0.15) is 5.26 Å². The minimum atomic E-state index is -0.0469. The molecule has 2 aliphatic rings. The first-order valence-corrected chi connectivity index (χ1v) is 5.06. The lowest BCUT2D eigenvalue weighted by atomic mass is 10.0. The second-order valence-corrected chi connectivity index (χ2v) is 3.75. The Labute approximate surface area is 92.9 Å². The van der Waals surface area contributed by atoms with Gasteiger partial charge >= 0.3 is 0 Å². The van der Waals surface area contributed by atoms with Crippen molar-refractivity contribution in [3.05, 3.63) is 53.2 Å². The molecule has 0 fully saturated rings. The summed E-state index contributed by atoms with van der Waals surface area (Å²) in [5, 5.41) is 9.07. The number of carbonyl (C=O) groups excluding carboxylic acids is 1. The SMILES string of the molecule is N#CC1=C2c3ccccc3C(=O)N2C=CC1. The number of nitrogens with zero attached hydrogens (tertiary/aromatic N) is 2. The molecule has 0 saturated heterocycles. The van der Waals surface area contributed by atoms with Gasteiger partial charge in [0.25, 0.3) is 5.91 Å². The van der Waals surface area contributed by atoms with Crippen molar-refractivity contribution in [1.82, 2.24) is 4.90 Å². The van der Waals surface area contributed by atoms with Gasteiger partial charge in [-0.25, -0.2) is 0 Å². The number of rotatable bonds is 0. The summed E-state index contributed by atoms with van der Waals surface area (Å²) in [6, 6.07) is 9.58. The van der Waals surface area contributed by atoms with Crippen LogP contribution in [-0.4, -0.2) is 10.8 Å². The molecule has 3 heteroatoms. The number of benzene rings is 1. The van der Waals surface area contributed by atoms with E-state index in [2.05, 4.69) is 6.07 Å². The third-order valence-corrected chi connectivity index (χ3v) is 2.87. The van der Waals surface area contributed by atoms with Crippen LogP contribution in [0.1, 0.15) is 22.3 Å². The Hall–Kier alpha value is -2.34. The monoisotopic (exact) mass is 208 g/mol. The van der Waals surface area contributed by atoms with E-state index in [0.717, 1.165) is 11.3 Å². The molecule has 16 heavy (non-hydrogen) atoms. The molecular weight excluding hydrogens is 200 g/mol. The van der Waals surface area contributed by atoms with Crippen LogP contribution >= 0.6 is 0 Å². The van der Waals surface area contributed by atoms with Crippen LogP contribution in [0.25, 0.3) is 5.70 Å². The summed E-state index contributed by atoms with van der Waals surface area (Å²) in [6.07, 6.45) is 4.19. The molecular formula is C13H8N2O. The van der Waals surface area contributed by atoms with Gasteiger partial charge in [0.15, 0.2) is 0 Å². The van der Waals surface area contributed by atoms with Gasteiger partial charge in [0.1, 0.15) is 0 Å². The molecule has 0 bridgehead atoms. The van der Waals surface area contributed by atoms with Crippen molar-refractivity contribution in [2.24, 2.45) is 0 Å². The molecule has 0 N–H and O–H groups in total. The topological polar surface area (TPSA) is 44.1 Å². The summed E-state index contributed by atoms with van der Waals surface area (Å²) in [7, 11) is 0. The van der Waals surface area contributed by atoms with Gasteiger partial charge in [-0.05, 0) is 6.07 Å². The maximum Gasteiger partial charge on any atom is 0.263 e. The zero-order valence-corrected chi connectivity index (χ0v) is 8.47. The van der Waals surface area contributed by atoms with Crippen LogP contribution in [0.5, 0.6) is 0 Å². The van der Waals surface area contributed by atoms with Crippen molar-refractivity contribution < 1.29 is 4.79 Å². The van der Waals surface area contributed by atoms with Crippen LogP contribution in [-0.2, 0) is 0 Å². The molecule has 3 rings (SSSR count). The predicted molar refractivity (Wildman–Crippen MR) is 58.9 cm³/mol. The molecule has 1 aromatic rings. The molecule has 0 radical (unpaired) electrons. The molecule has 3 nitrogen and oxygen atoms in total. The van der Waals surface area contributed by atoms with Gasteiger partial charge in [-0.3, -0.25) is 9.69 Å². The van der Waals surface area contributed by atoms with Crippen LogP contribution in [0.15, 0.2) is 42.1 Å². The predicted octanol–water partition coefficient (Wildman–Crippen LogP) is 2.29. The first-order valence-electron chi connectivity index (χ1n) is 5.06. The average Bonchev–Trinajstić information content (AvgIpc) is 2.64. The Morgan fingerprint density at radius 2 is 2.00 bits per heavy atom. The Morgan fingerprint density at radius 3 is 2.75 bits per heavy atom. The van der Waals surface area contributed by atoms with Gasteiger partial charge in [0.05, 0.1) is 17.3 Å². The molecule has 0 spiro atoms. The molecule has 0 atom stereocenters. The Kier molecular flexibility index (Phi) is 1.72. The minimum Gasteiger partial charge on any atom is -0.282 e. The van der Waals surface area contributed by atoms with Crippen molar-refractivity contribution in [2.75, 3.05) is 0 Å². The van der Waals surface area contributed by atoms with Crippen molar-refractivity contribution in [1.29, 1.82) is 5.26 Å². The number of amides is 1. The van der Waals surface area contributed by atoms with Crippen molar-refractivity contribution in [3.63, 3.8) is 0 Å². The number of carbonyl (C=O) groups is 1. The smallest absolute Gasteiger partial charge is 0.263 e. The van der Waals surface area contributed by atoms with E-state index in [1.807, 2.05) is 24.3 Å². The molecule has 1 aromatic carbocycles. The van der Waals surface area contributed by atoms with E-state index in [9.17, 15) is 4.79 Å². The molecule has 0 saturated carbocycles. The molecule has 2 aliphatic heterocycles. The maximum absolute atomic E-state index is 12.0. The van der Waals surface area contributed by atoms with Gasteiger partial charge in [0, 0.05) is 23.7 Å². The summed E-state index contributed by atoms with van der Waals surface area (Å²) >= 11 is 0. The van der Waals surface area contributed by atoms with Crippen LogP contribution in [0, 0.1) is 11.3 Å². The largest absolute Gasteiger partial charge is 0.282 e. The Morgan fingerprint density at radius 1 is 1.25 bits per heavy atom. The number of fused-ring (bicyclic) bond motifs is 3. The molecule has 2 heterocycles. The van der Waals surface area contributed by atoms with E-state index in [0.29, 0.717) is 17.6 Å². The Balaban J connectivity index is 2.32. The van der Waals surface area contributed by atoms with E-state index in [-0.39, 0.29) is 5.91 Å². The van der Waals surface area contributed by atoms with Gasteiger partial charge < -0.3 is 0 Å². The first kappa shape index (κ1) is 8.93. The maximum atomic E-state index is 12.0. The van der Waals surface area contributed by atoms with Crippen molar-refractivity contribution in [3.8, 4) is 6.07 Å². The molecule has 76 valence electrons. The fraction of sp³-hybridized carbons (Fsp3) is 0.0769. The van der Waals surface area contributed by atoms with Crippen LogP contribution in [0.4, 0.5) is 0 Å². The minimum absolute atomic E-state index is 0.0469. The zero-order chi connectivity index (χ0) is 11.1. The molecule has 0 aliphatic carbocycles. The zero-order valence-electron chi connectivity index (χ0n) is 8.47. The van der Waals surface area contributed by atoms with E-state index < -0.39 is 0 Å². The third kappa shape index (κ3) is 0.986. The van der Waals surface area contributed by atoms with Gasteiger partial charge in [-0.1, -0.05) is 24.3 Å². The molecule has 0 aromatic heterocycles. The normalized spacial score (nSPS) is 17.2. The summed E-state index contributed by atoms with van der Waals surface area (Å²) in [4.78, 5) is 13.6. The van der Waals surface area contributed by atoms with E-state index in [4.69, 9.17) is 5.26 Å². The van der Waals surface area contributed by atoms with Gasteiger partial charge in [0.2, 0.25) is 0 Å². The highest BCUT2D eigenvalue weighted by molar-refractivity contribution is 6.11. The fourth-order valence-electron chi connectivity index (χ4n) is 2.16. The summed E-state index contributed by atoms with van der Waals surface area (Å²) in [5.41, 5.74) is 2.96. The van der Waals surface area contributed by atoms with Crippen LogP contribution in [0.2, 0.25) is 0 Å². The number of hydrogen-bond acceptors (Lipinski definition) is 2. The lowest BCUT2D eigenvalue weighted by Crippen LogP contribution is -2.19. The number of hydrogen-bond donors (Lipinski definition) is 0. The van der Waals surface area contributed by atoms with E-state index in [1.54, 1.807) is 17.2 Å². The number of allylic oxidation sites excluding steroid dienone is 2. The van der Waals surface area contributed by atoms with Crippen molar-refractivity contribution in [2.45, 2.75) is 6.42 Å². The highest BCUT2D eigenvalue weighted by Crippen LogP contribution is 2.37. The summed E-state index contributed by atoms with van der Waals surface area (Å²) < 4.78 is 0. The lowest BCUT2D eigenvalue weighted by molar-refractivity contribution is 0.0890. The van der Waals surface area contributed by atoms with Crippen LogP contribution < -0.4 is 0 Å². The second-order valence-electron chi connectivity index (χ2n) is 3.75. The van der Waals surface area contributed by atoms with Crippen LogP contribution in [0.3, 0.4) is 0 Å². The van der Waals surface area contributed by atoms with E-state index in [1.165, 1.54) is 0 Å². The number of nitriles is 1. The second kappa shape index (κ2) is 3.07. The van der Waals surface area contributed by atoms with E-state index >= 15 is 0 Å². The Bertz CT molecular complexity index is 590. The van der Waals surface area contributed by atoms with Gasteiger partial charge in [-0.15, -0.1) is 0 Å². The highest BCUT2D eigenvalue weighted by atomic mass is 16.2. The quantitative estimate of drug-likeness (QED) is 0.656. The molecule has 1 amide bonds. The summed E-state index contributed by atoms with van der Waals surface area (Å²) in [6.45, 7) is 0. The lowest BCUT2D eigenvalue weighted by Gasteiger charge is -2.18. The van der Waals surface area contributed by atoms with Crippen molar-refractivity contribution >= 4 is 11.6 Å². The molecule has 0 unspecified atom stereocenters.